The molecule has 0 N–H and O–H groups in total. The molecule has 0 aliphatic carbocycles. The van der Waals surface area contributed by atoms with Crippen molar-refractivity contribution in [2.24, 2.45) is 0 Å². The molecule has 2 aromatic heterocycles. The Morgan fingerprint density at radius 1 is 1.04 bits per heavy atom. The lowest BCUT2D eigenvalue weighted by molar-refractivity contribution is -0.132. The van der Waals surface area contributed by atoms with Crippen LogP contribution in [-0.2, 0) is 24.3 Å². The fraction of sp³-hybridized carbons (Fsp3) is 0.250. The molecular formula is C20H20N4O. The van der Waals surface area contributed by atoms with E-state index in [9.17, 15) is 4.79 Å². The Bertz CT molecular complexity index is 858. The van der Waals surface area contributed by atoms with E-state index in [1.807, 2.05) is 47.6 Å². The molecule has 0 saturated carbocycles. The molecule has 126 valence electrons. The molecule has 3 heterocycles. The van der Waals surface area contributed by atoms with E-state index in [-0.39, 0.29) is 5.91 Å². The van der Waals surface area contributed by atoms with Gasteiger partial charge < -0.3 is 9.47 Å². The minimum absolute atomic E-state index is 0.195. The first kappa shape index (κ1) is 15.6. The second kappa shape index (κ2) is 6.89. The molecule has 0 atom stereocenters. The lowest BCUT2D eigenvalue weighted by atomic mass is 10.1. The number of hydrogen-bond donors (Lipinski definition) is 0. The van der Waals surface area contributed by atoms with Gasteiger partial charge in [-0.05, 0) is 24.1 Å². The average Bonchev–Trinajstić information content (AvgIpc) is 3.11. The molecule has 5 nitrogen and oxygen atoms in total. The average molecular weight is 332 g/mol. The van der Waals surface area contributed by atoms with E-state index >= 15 is 0 Å². The highest BCUT2D eigenvalue weighted by Crippen LogP contribution is 2.23. The van der Waals surface area contributed by atoms with Gasteiger partial charge in [0.25, 0.3) is 0 Å². The Hall–Kier alpha value is -2.95. The summed E-state index contributed by atoms with van der Waals surface area (Å²) >= 11 is 0. The predicted molar refractivity (Wildman–Crippen MR) is 95.6 cm³/mol. The standard InChI is InChI=1S/C20H20N4O/c25-20(9-8-16-5-2-1-3-6-16)23-11-12-24-18(14-22-19(24)15-23)17-7-4-10-21-13-17/h1-7,10,13-14H,8-9,11-12,15H2. The fourth-order valence-corrected chi connectivity index (χ4v) is 3.27. The zero-order valence-corrected chi connectivity index (χ0v) is 14.0. The smallest absolute Gasteiger partial charge is 0.223 e. The highest BCUT2D eigenvalue weighted by atomic mass is 16.2. The summed E-state index contributed by atoms with van der Waals surface area (Å²) in [5, 5.41) is 0. The van der Waals surface area contributed by atoms with Gasteiger partial charge in [-0.2, -0.15) is 0 Å². The number of nitrogens with zero attached hydrogens (tertiary/aromatic N) is 4. The molecule has 0 unspecified atom stereocenters. The molecule has 1 aliphatic heterocycles. The second-order valence-electron chi connectivity index (χ2n) is 6.25. The van der Waals surface area contributed by atoms with Gasteiger partial charge in [-0.1, -0.05) is 30.3 Å². The Morgan fingerprint density at radius 2 is 1.92 bits per heavy atom. The van der Waals surface area contributed by atoms with Crippen LogP contribution in [0.2, 0.25) is 0 Å². The van der Waals surface area contributed by atoms with E-state index in [0.717, 1.165) is 36.6 Å². The van der Waals surface area contributed by atoms with Crippen LogP contribution in [0.1, 0.15) is 17.8 Å². The molecule has 4 rings (SSSR count). The Kier molecular flexibility index (Phi) is 4.29. The van der Waals surface area contributed by atoms with Crippen molar-refractivity contribution >= 4 is 5.91 Å². The lowest BCUT2D eigenvalue weighted by Crippen LogP contribution is -2.38. The van der Waals surface area contributed by atoms with Crippen LogP contribution in [0.15, 0.2) is 61.1 Å². The van der Waals surface area contributed by atoms with E-state index in [0.29, 0.717) is 13.0 Å². The van der Waals surface area contributed by atoms with Gasteiger partial charge in [0.15, 0.2) is 0 Å². The number of amides is 1. The minimum Gasteiger partial charge on any atom is -0.333 e. The molecule has 0 fully saturated rings. The Balaban J connectivity index is 1.43. The van der Waals surface area contributed by atoms with Gasteiger partial charge in [-0.15, -0.1) is 0 Å². The van der Waals surface area contributed by atoms with Crippen molar-refractivity contribution < 1.29 is 4.79 Å². The van der Waals surface area contributed by atoms with Crippen LogP contribution in [0.3, 0.4) is 0 Å². The topological polar surface area (TPSA) is 51.0 Å². The highest BCUT2D eigenvalue weighted by molar-refractivity contribution is 5.76. The van der Waals surface area contributed by atoms with Crippen molar-refractivity contribution in [1.29, 1.82) is 0 Å². The highest BCUT2D eigenvalue weighted by Gasteiger charge is 2.23. The number of imidazole rings is 1. The maximum atomic E-state index is 12.5. The van der Waals surface area contributed by atoms with Crippen molar-refractivity contribution in [2.75, 3.05) is 6.54 Å². The Labute approximate surface area is 147 Å². The molecule has 1 aliphatic rings. The summed E-state index contributed by atoms with van der Waals surface area (Å²) < 4.78 is 2.19. The summed E-state index contributed by atoms with van der Waals surface area (Å²) in [6.45, 7) is 2.08. The number of rotatable bonds is 4. The van der Waals surface area contributed by atoms with Crippen molar-refractivity contribution in [2.45, 2.75) is 25.9 Å². The summed E-state index contributed by atoms with van der Waals surface area (Å²) in [6.07, 6.45) is 6.82. The van der Waals surface area contributed by atoms with Gasteiger partial charge in [0.1, 0.15) is 5.82 Å². The molecule has 0 radical (unpaired) electrons. The van der Waals surface area contributed by atoms with E-state index in [2.05, 4.69) is 26.7 Å². The lowest BCUT2D eigenvalue weighted by Gasteiger charge is -2.28. The van der Waals surface area contributed by atoms with Crippen molar-refractivity contribution in [3.8, 4) is 11.3 Å². The largest absolute Gasteiger partial charge is 0.333 e. The third-order valence-electron chi connectivity index (χ3n) is 4.64. The molecule has 0 saturated heterocycles. The van der Waals surface area contributed by atoms with Gasteiger partial charge >= 0.3 is 0 Å². The third kappa shape index (κ3) is 3.31. The molecule has 1 aromatic carbocycles. The number of fused-ring (bicyclic) bond motifs is 1. The van der Waals surface area contributed by atoms with Crippen molar-refractivity contribution in [3.63, 3.8) is 0 Å². The van der Waals surface area contributed by atoms with Crippen molar-refractivity contribution in [1.82, 2.24) is 19.4 Å². The minimum atomic E-state index is 0.195. The molecule has 0 spiro atoms. The monoisotopic (exact) mass is 332 g/mol. The zero-order valence-electron chi connectivity index (χ0n) is 14.0. The second-order valence-corrected chi connectivity index (χ2v) is 6.25. The quantitative estimate of drug-likeness (QED) is 0.738. The van der Waals surface area contributed by atoms with Crippen LogP contribution in [-0.4, -0.2) is 31.9 Å². The predicted octanol–water partition coefficient (Wildman–Crippen LogP) is 2.92. The molecule has 5 heteroatoms. The zero-order chi connectivity index (χ0) is 17.1. The summed E-state index contributed by atoms with van der Waals surface area (Å²) in [5.41, 5.74) is 3.33. The van der Waals surface area contributed by atoms with Crippen molar-refractivity contribution in [3.05, 3.63) is 72.4 Å². The summed E-state index contributed by atoms with van der Waals surface area (Å²) in [7, 11) is 0. The molecule has 25 heavy (non-hydrogen) atoms. The van der Waals surface area contributed by atoms with Gasteiger partial charge in [0.2, 0.25) is 5.91 Å². The van der Waals surface area contributed by atoms with Crippen LogP contribution in [0.25, 0.3) is 11.3 Å². The van der Waals surface area contributed by atoms with Crippen LogP contribution in [0.4, 0.5) is 0 Å². The van der Waals surface area contributed by atoms with Gasteiger partial charge in [-0.3, -0.25) is 9.78 Å². The first-order valence-electron chi connectivity index (χ1n) is 8.58. The Morgan fingerprint density at radius 3 is 2.72 bits per heavy atom. The molecule has 0 bridgehead atoms. The first-order valence-corrected chi connectivity index (χ1v) is 8.58. The summed E-state index contributed by atoms with van der Waals surface area (Å²) in [5.74, 6) is 1.14. The van der Waals surface area contributed by atoms with E-state index in [1.54, 1.807) is 6.20 Å². The maximum absolute atomic E-state index is 12.5. The number of pyridine rings is 1. The number of benzene rings is 1. The van der Waals surface area contributed by atoms with Crippen LogP contribution >= 0.6 is 0 Å². The maximum Gasteiger partial charge on any atom is 0.223 e. The fourth-order valence-electron chi connectivity index (χ4n) is 3.27. The van der Waals surface area contributed by atoms with E-state index in [4.69, 9.17) is 0 Å². The SMILES string of the molecule is O=C(CCc1ccccc1)N1CCn2c(-c3cccnc3)cnc2C1. The summed E-state index contributed by atoms with van der Waals surface area (Å²) in [6, 6.07) is 14.1. The van der Waals surface area contributed by atoms with E-state index < -0.39 is 0 Å². The molecule has 3 aromatic rings. The molecular weight excluding hydrogens is 312 g/mol. The summed E-state index contributed by atoms with van der Waals surface area (Å²) in [4.78, 5) is 23.2. The molecule has 1 amide bonds. The first-order chi connectivity index (χ1) is 12.3. The number of hydrogen-bond acceptors (Lipinski definition) is 3. The normalized spacial score (nSPS) is 13.5. The third-order valence-corrected chi connectivity index (χ3v) is 4.64. The van der Waals surface area contributed by atoms with Gasteiger partial charge in [0, 0.05) is 37.5 Å². The number of aromatic nitrogens is 3. The van der Waals surface area contributed by atoms with Gasteiger partial charge in [0.05, 0.1) is 18.4 Å². The van der Waals surface area contributed by atoms with Gasteiger partial charge in [-0.25, -0.2) is 4.98 Å². The number of carbonyl (C=O) groups excluding carboxylic acids is 1. The van der Waals surface area contributed by atoms with Crippen LogP contribution < -0.4 is 0 Å². The number of aryl methyl sites for hydroxylation is 1. The number of carbonyl (C=O) groups is 1. The van der Waals surface area contributed by atoms with E-state index in [1.165, 1.54) is 5.56 Å². The van der Waals surface area contributed by atoms with Crippen LogP contribution in [0.5, 0.6) is 0 Å². The van der Waals surface area contributed by atoms with Crippen LogP contribution in [0, 0.1) is 0 Å².